The molecule has 0 unspecified atom stereocenters. The molecule has 1 aliphatic carbocycles. The number of nitrogens with zero attached hydrogens (tertiary/aromatic N) is 2. The maximum absolute atomic E-state index is 14.9. The molecule has 1 heterocycles. The second-order valence-corrected chi connectivity index (χ2v) is 9.68. The number of nitrogens with one attached hydrogen (secondary N) is 2. The first kappa shape index (κ1) is 22.9. The Morgan fingerprint density at radius 3 is 2.44 bits per heavy atom. The first-order chi connectivity index (χ1) is 15.2. The Morgan fingerprint density at radius 2 is 1.81 bits per heavy atom. The summed E-state index contributed by atoms with van der Waals surface area (Å²) in [5.41, 5.74) is 1.59. The quantitative estimate of drug-likeness (QED) is 0.430. The number of aromatic nitrogens is 2. The molecule has 1 fully saturated rings. The number of carbonyl (C=O) groups excluding carboxylic acids is 1. The highest BCUT2D eigenvalue weighted by Crippen LogP contribution is 2.34. The van der Waals surface area contributed by atoms with E-state index in [1.807, 2.05) is 0 Å². The predicted molar refractivity (Wildman–Crippen MR) is 128 cm³/mol. The fourth-order valence-electron chi connectivity index (χ4n) is 4.42. The monoisotopic (exact) mass is 476 g/mol. The number of aryl methyl sites for hydroxylation is 1. The van der Waals surface area contributed by atoms with Crippen molar-refractivity contribution in [3.8, 4) is 0 Å². The lowest BCUT2D eigenvalue weighted by Crippen LogP contribution is -2.38. The summed E-state index contributed by atoms with van der Waals surface area (Å²) < 4.78 is 16.6. The van der Waals surface area contributed by atoms with Crippen LogP contribution in [0.2, 0.25) is 10.0 Å². The highest BCUT2D eigenvalue weighted by atomic mass is 35.5. The van der Waals surface area contributed by atoms with Crippen LogP contribution in [0.1, 0.15) is 49.9 Å². The van der Waals surface area contributed by atoms with Crippen LogP contribution in [0.15, 0.2) is 30.3 Å². The summed E-state index contributed by atoms with van der Waals surface area (Å²) in [6.07, 6.45) is 4.03. The van der Waals surface area contributed by atoms with E-state index in [1.54, 1.807) is 29.8 Å². The molecule has 0 radical (unpaired) electrons. The number of imidazole rings is 1. The Kier molecular flexibility index (Phi) is 6.63. The standard InChI is InChI=1S/C24H27Cl2FN4O/c1-13(2)14-7-9-15(10-8-14)28-23(32)16-11-20-21(12-19(16)27)31(3)24(29-20)30-22-17(25)5-4-6-18(22)26/h4-6,11-15H,7-10H2,1-3H3,(H,28,32)(H,29,30)/t14-,15-. The van der Waals surface area contributed by atoms with Crippen molar-refractivity contribution in [2.75, 3.05) is 5.32 Å². The minimum Gasteiger partial charge on any atom is -0.349 e. The van der Waals surface area contributed by atoms with Crippen LogP contribution < -0.4 is 10.6 Å². The zero-order valence-corrected chi connectivity index (χ0v) is 19.9. The summed E-state index contributed by atoms with van der Waals surface area (Å²) in [6.45, 7) is 4.48. The van der Waals surface area contributed by atoms with Gasteiger partial charge in [-0.3, -0.25) is 4.79 Å². The Morgan fingerprint density at radius 1 is 1.16 bits per heavy atom. The van der Waals surface area contributed by atoms with Gasteiger partial charge in [-0.05, 0) is 55.7 Å². The normalized spacial score (nSPS) is 18.8. The summed E-state index contributed by atoms with van der Waals surface area (Å²) in [6, 6.07) is 8.10. The molecule has 2 aromatic carbocycles. The topological polar surface area (TPSA) is 59.0 Å². The lowest BCUT2D eigenvalue weighted by atomic mass is 9.79. The van der Waals surface area contributed by atoms with Gasteiger partial charge in [0.25, 0.3) is 5.91 Å². The van der Waals surface area contributed by atoms with Gasteiger partial charge in [0, 0.05) is 19.2 Å². The largest absolute Gasteiger partial charge is 0.349 e. The molecule has 1 aromatic heterocycles. The molecular formula is C24H27Cl2FN4O. The summed E-state index contributed by atoms with van der Waals surface area (Å²) in [5.74, 6) is 0.822. The van der Waals surface area contributed by atoms with Crippen LogP contribution in [0.25, 0.3) is 11.0 Å². The van der Waals surface area contributed by atoms with Crippen molar-refractivity contribution < 1.29 is 9.18 Å². The number of halogens is 3. The highest BCUT2D eigenvalue weighted by molar-refractivity contribution is 6.39. The molecule has 4 rings (SSSR count). The molecule has 8 heteroatoms. The summed E-state index contributed by atoms with van der Waals surface area (Å²) in [4.78, 5) is 17.4. The Hall–Kier alpha value is -2.31. The van der Waals surface area contributed by atoms with Gasteiger partial charge in [-0.25, -0.2) is 9.37 Å². The molecule has 2 N–H and O–H groups in total. The third kappa shape index (κ3) is 4.57. The third-order valence-electron chi connectivity index (χ3n) is 6.46. The lowest BCUT2D eigenvalue weighted by molar-refractivity contribution is 0.0914. The van der Waals surface area contributed by atoms with Gasteiger partial charge in [-0.1, -0.05) is 43.1 Å². The lowest BCUT2D eigenvalue weighted by Gasteiger charge is -2.31. The molecule has 3 aromatic rings. The molecule has 32 heavy (non-hydrogen) atoms. The van der Waals surface area contributed by atoms with Gasteiger partial charge in [-0.15, -0.1) is 0 Å². The smallest absolute Gasteiger partial charge is 0.254 e. The predicted octanol–water partition coefficient (Wildman–Crippen LogP) is 6.71. The molecule has 0 bridgehead atoms. The van der Waals surface area contributed by atoms with Crippen LogP contribution in [0, 0.1) is 17.7 Å². The van der Waals surface area contributed by atoms with Crippen LogP contribution in [0.4, 0.5) is 16.0 Å². The molecule has 0 saturated heterocycles. The second-order valence-electron chi connectivity index (χ2n) is 8.87. The van der Waals surface area contributed by atoms with Gasteiger partial charge in [0.15, 0.2) is 0 Å². The van der Waals surface area contributed by atoms with E-state index in [1.165, 1.54) is 12.1 Å². The van der Waals surface area contributed by atoms with Crippen molar-refractivity contribution in [2.45, 2.75) is 45.6 Å². The number of carbonyl (C=O) groups is 1. The molecule has 1 aliphatic rings. The fourth-order valence-corrected chi connectivity index (χ4v) is 4.91. The number of para-hydroxylation sites is 1. The van der Waals surface area contributed by atoms with Crippen molar-refractivity contribution in [3.05, 3.63) is 51.8 Å². The number of hydrogen-bond acceptors (Lipinski definition) is 3. The molecular weight excluding hydrogens is 450 g/mol. The maximum atomic E-state index is 14.9. The minimum absolute atomic E-state index is 0.00362. The Bertz CT molecular complexity index is 1130. The number of hydrogen-bond donors (Lipinski definition) is 2. The molecule has 1 amide bonds. The van der Waals surface area contributed by atoms with Crippen molar-refractivity contribution >= 4 is 51.8 Å². The number of rotatable bonds is 5. The van der Waals surface area contributed by atoms with Gasteiger partial charge in [-0.2, -0.15) is 0 Å². The molecule has 0 aliphatic heterocycles. The van der Waals surface area contributed by atoms with Crippen LogP contribution in [-0.4, -0.2) is 21.5 Å². The zero-order valence-electron chi connectivity index (χ0n) is 18.4. The molecule has 170 valence electrons. The van der Waals surface area contributed by atoms with Gasteiger partial charge in [0.2, 0.25) is 5.95 Å². The number of amides is 1. The third-order valence-corrected chi connectivity index (χ3v) is 7.09. The molecule has 0 atom stereocenters. The average molecular weight is 477 g/mol. The van der Waals surface area contributed by atoms with Gasteiger partial charge in [0.1, 0.15) is 5.82 Å². The van der Waals surface area contributed by atoms with Gasteiger partial charge < -0.3 is 15.2 Å². The zero-order chi connectivity index (χ0) is 23.0. The van der Waals surface area contributed by atoms with Crippen LogP contribution in [0.3, 0.4) is 0 Å². The number of anilines is 2. The van der Waals surface area contributed by atoms with E-state index in [0.717, 1.165) is 25.7 Å². The maximum Gasteiger partial charge on any atom is 0.254 e. The second kappa shape index (κ2) is 9.28. The summed E-state index contributed by atoms with van der Waals surface area (Å²) >= 11 is 12.5. The van der Waals surface area contributed by atoms with E-state index in [4.69, 9.17) is 23.2 Å². The highest BCUT2D eigenvalue weighted by Gasteiger charge is 2.26. The number of benzene rings is 2. The SMILES string of the molecule is CC(C)[C@H]1CC[C@H](NC(=O)c2cc3nc(Nc4c(Cl)cccc4Cl)n(C)c3cc2F)CC1. The minimum atomic E-state index is -0.573. The van der Waals surface area contributed by atoms with Gasteiger partial charge >= 0.3 is 0 Å². The average Bonchev–Trinajstić information content (AvgIpc) is 3.05. The molecule has 0 spiro atoms. The van der Waals surface area contributed by atoms with Crippen LogP contribution >= 0.6 is 23.2 Å². The van der Waals surface area contributed by atoms with Crippen molar-refractivity contribution in [3.63, 3.8) is 0 Å². The van der Waals surface area contributed by atoms with E-state index in [2.05, 4.69) is 29.5 Å². The van der Waals surface area contributed by atoms with E-state index >= 15 is 0 Å². The first-order valence-corrected chi connectivity index (χ1v) is 11.7. The fraction of sp³-hybridized carbons (Fsp3) is 0.417. The number of fused-ring (bicyclic) bond motifs is 1. The Labute approximate surface area is 197 Å². The summed E-state index contributed by atoms with van der Waals surface area (Å²) in [7, 11) is 1.76. The summed E-state index contributed by atoms with van der Waals surface area (Å²) in [5, 5.41) is 7.02. The van der Waals surface area contributed by atoms with E-state index in [0.29, 0.717) is 44.6 Å². The molecule has 5 nitrogen and oxygen atoms in total. The van der Waals surface area contributed by atoms with E-state index in [9.17, 15) is 9.18 Å². The molecule has 1 saturated carbocycles. The van der Waals surface area contributed by atoms with E-state index < -0.39 is 11.7 Å². The van der Waals surface area contributed by atoms with Crippen molar-refractivity contribution in [2.24, 2.45) is 18.9 Å². The van der Waals surface area contributed by atoms with Crippen LogP contribution in [0.5, 0.6) is 0 Å². The van der Waals surface area contributed by atoms with Crippen molar-refractivity contribution in [1.82, 2.24) is 14.9 Å². The van der Waals surface area contributed by atoms with Gasteiger partial charge in [0.05, 0.1) is 32.3 Å². The van der Waals surface area contributed by atoms with Crippen molar-refractivity contribution in [1.29, 1.82) is 0 Å². The van der Waals surface area contributed by atoms with Crippen LogP contribution in [-0.2, 0) is 7.05 Å². The Balaban J connectivity index is 1.55. The van der Waals surface area contributed by atoms with E-state index in [-0.39, 0.29) is 11.6 Å². The first-order valence-electron chi connectivity index (χ1n) is 10.9.